The van der Waals surface area contributed by atoms with Gasteiger partial charge in [-0.1, -0.05) is 40.0 Å². The van der Waals surface area contributed by atoms with E-state index in [4.69, 9.17) is 39.9 Å². The fraction of sp³-hybridized carbons (Fsp3) is 0.300. The maximum Gasteiger partial charge on any atom is 0.106 e. The second kappa shape index (κ2) is 6.30. The van der Waals surface area contributed by atoms with Crippen molar-refractivity contribution in [1.82, 2.24) is 0 Å². The zero-order valence-electron chi connectivity index (χ0n) is 8.51. The zero-order chi connectivity index (χ0) is 12.1. The molecule has 0 amide bonds. The van der Waals surface area contributed by atoms with E-state index in [2.05, 4.69) is 9.99 Å². The predicted octanol–water partition coefficient (Wildman–Crippen LogP) is 3.18. The van der Waals surface area contributed by atoms with Crippen molar-refractivity contribution < 1.29 is 9.94 Å². The Morgan fingerprint density at radius 2 is 1.88 bits per heavy atom. The van der Waals surface area contributed by atoms with Gasteiger partial charge in [0.2, 0.25) is 0 Å². The van der Waals surface area contributed by atoms with Gasteiger partial charge in [0, 0.05) is 21.5 Å². The van der Waals surface area contributed by atoms with Crippen molar-refractivity contribution in [3.8, 4) is 0 Å². The van der Waals surface area contributed by atoms with Crippen molar-refractivity contribution in [2.24, 2.45) is 5.16 Å². The van der Waals surface area contributed by atoms with E-state index in [-0.39, 0.29) is 6.61 Å². The van der Waals surface area contributed by atoms with Crippen molar-refractivity contribution in [2.75, 3.05) is 13.7 Å². The van der Waals surface area contributed by atoms with E-state index in [1.54, 1.807) is 12.1 Å². The van der Waals surface area contributed by atoms with Gasteiger partial charge < -0.3 is 9.94 Å². The summed E-state index contributed by atoms with van der Waals surface area (Å²) in [5.74, 6) is 0. The average molecular weight is 283 g/mol. The van der Waals surface area contributed by atoms with E-state index in [0.717, 1.165) is 0 Å². The number of hydrogen-bond donors (Lipinski definition) is 1. The molecule has 0 atom stereocenters. The molecule has 1 N–H and O–H groups in total. The Balaban J connectivity index is 3.01. The van der Waals surface area contributed by atoms with Crippen LogP contribution in [0.3, 0.4) is 0 Å². The molecule has 0 saturated carbocycles. The largest absolute Gasteiger partial charge is 0.399 e. The highest BCUT2D eigenvalue weighted by atomic mass is 35.5. The molecule has 0 heterocycles. The highest BCUT2D eigenvalue weighted by molar-refractivity contribution is 6.39. The van der Waals surface area contributed by atoms with Crippen molar-refractivity contribution in [1.29, 1.82) is 0 Å². The monoisotopic (exact) mass is 281 g/mol. The van der Waals surface area contributed by atoms with Crippen LogP contribution < -0.4 is 0 Å². The minimum absolute atomic E-state index is 0.219. The number of aliphatic hydroxyl groups is 1. The summed E-state index contributed by atoms with van der Waals surface area (Å²) < 4.78 is 0. The van der Waals surface area contributed by atoms with E-state index >= 15 is 0 Å². The third-order valence-corrected chi connectivity index (χ3v) is 2.78. The van der Waals surface area contributed by atoms with Gasteiger partial charge in [-0.25, -0.2) is 0 Å². The molecule has 0 bridgehead atoms. The molecule has 0 radical (unpaired) electrons. The fourth-order valence-corrected chi connectivity index (χ4v) is 2.14. The Hall–Kier alpha value is -0.480. The molecule has 0 fully saturated rings. The van der Waals surface area contributed by atoms with Crippen LogP contribution in [0.1, 0.15) is 5.56 Å². The van der Waals surface area contributed by atoms with E-state index in [1.807, 2.05) is 0 Å². The first-order valence-corrected chi connectivity index (χ1v) is 5.55. The summed E-state index contributed by atoms with van der Waals surface area (Å²) in [4.78, 5) is 4.59. The van der Waals surface area contributed by atoms with Crippen LogP contribution in [0.5, 0.6) is 0 Å². The van der Waals surface area contributed by atoms with Crippen molar-refractivity contribution in [3.63, 3.8) is 0 Å². The van der Waals surface area contributed by atoms with Crippen molar-refractivity contribution in [2.45, 2.75) is 6.42 Å². The molecule has 0 aliphatic carbocycles. The van der Waals surface area contributed by atoms with Gasteiger partial charge in [0.1, 0.15) is 7.11 Å². The van der Waals surface area contributed by atoms with Gasteiger partial charge in [-0.15, -0.1) is 0 Å². The molecule has 1 aromatic carbocycles. The van der Waals surface area contributed by atoms with Crippen LogP contribution in [0.2, 0.25) is 15.1 Å². The second-order valence-electron chi connectivity index (χ2n) is 3.02. The predicted molar refractivity (Wildman–Crippen MR) is 66.7 cm³/mol. The lowest BCUT2D eigenvalue weighted by molar-refractivity contribution is 0.208. The molecule has 0 aromatic heterocycles. The van der Waals surface area contributed by atoms with Crippen LogP contribution >= 0.6 is 34.8 Å². The first kappa shape index (κ1) is 13.6. The van der Waals surface area contributed by atoms with E-state index < -0.39 is 0 Å². The summed E-state index contributed by atoms with van der Waals surface area (Å²) in [6.45, 7) is -0.219. The van der Waals surface area contributed by atoms with Gasteiger partial charge in [-0.05, 0) is 17.7 Å². The molecular weight excluding hydrogens is 272 g/mol. The minimum Gasteiger partial charge on any atom is -0.399 e. The van der Waals surface area contributed by atoms with Gasteiger partial charge in [0.25, 0.3) is 0 Å². The van der Waals surface area contributed by atoms with Gasteiger partial charge in [-0.2, -0.15) is 0 Å². The Bertz CT molecular complexity index is 384. The summed E-state index contributed by atoms with van der Waals surface area (Å²) in [5.41, 5.74) is 1.10. The van der Waals surface area contributed by atoms with Crippen LogP contribution in [0, 0.1) is 0 Å². The molecule has 6 heteroatoms. The third-order valence-electron chi connectivity index (χ3n) is 1.89. The number of rotatable bonds is 4. The first-order valence-electron chi connectivity index (χ1n) is 4.41. The van der Waals surface area contributed by atoms with Crippen LogP contribution in [0.25, 0.3) is 0 Å². The molecule has 1 rings (SSSR count). The normalized spacial score (nSPS) is 11.7. The van der Waals surface area contributed by atoms with Crippen LogP contribution in [0.15, 0.2) is 17.3 Å². The number of aliphatic hydroxyl groups excluding tert-OH is 1. The van der Waals surface area contributed by atoms with E-state index in [0.29, 0.717) is 32.8 Å². The van der Waals surface area contributed by atoms with Crippen LogP contribution in [0.4, 0.5) is 0 Å². The van der Waals surface area contributed by atoms with Gasteiger partial charge in [0.05, 0.1) is 12.3 Å². The quantitative estimate of drug-likeness (QED) is 0.681. The molecule has 0 aliphatic heterocycles. The molecule has 16 heavy (non-hydrogen) atoms. The average Bonchev–Trinajstić information content (AvgIpc) is 2.21. The number of hydrogen-bond acceptors (Lipinski definition) is 3. The molecule has 0 saturated heterocycles. The maximum absolute atomic E-state index is 9.03. The zero-order valence-corrected chi connectivity index (χ0v) is 10.8. The lowest BCUT2D eigenvalue weighted by Gasteiger charge is -2.08. The molecular formula is C10H10Cl3NO2. The molecule has 0 aliphatic rings. The first-order chi connectivity index (χ1) is 7.58. The Morgan fingerprint density at radius 3 is 2.31 bits per heavy atom. The van der Waals surface area contributed by atoms with E-state index in [1.165, 1.54) is 7.11 Å². The Labute approximate surface area is 109 Å². The van der Waals surface area contributed by atoms with Gasteiger partial charge >= 0.3 is 0 Å². The summed E-state index contributed by atoms with van der Waals surface area (Å²) >= 11 is 17.8. The maximum atomic E-state index is 9.03. The van der Waals surface area contributed by atoms with Gasteiger partial charge in [0.15, 0.2) is 0 Å². The minimum atomic E-state index is -0.219. The number of halogens is 3. The highest BCUT2D eigenvalue weighted by Gasteiger charge is 2.11. The third kappa shape index (κ3) is 3.52. The number of nitrogens with zero attached hydrogens (tertiary/aromatic N) is 1. The van der Waals surface area contributed by atoms with Crippen LogP contribution in [-0.2, 0) is 11.3 Å². The second-order valence-corrected chi connectivity index (χ2v) is 4.27. The Morgan fingerprint density at radius 1 is 1.31 bits per heavy atom. The van der Waals surface area contributed by atoms with Crippen molar-refractivity contribution in [3.05, 3.63) is 32.8 Å². The summed E-state index contributed by atoms with van der Waals surface area (Å²) in [7, 11) is 1.40. The number of benzene rings is 1. The lowest BCUT2D eigenvalue weighted by Crippen LogP contribution is -2.09. The summed E-state index contributed by atoms with van der Waals surface area (Å²) in [5, 5.41) is 14.0. The van der Waals surface area contributed by atoms with E-state index in [9.17, 15) is 0 Å². The Kier molecular flexibility index (Phi) is 5.35. The summed E-state index contributed by atoms with van der Waals surface area (Å²) in [6.07, 6.45) is 0.319. The van der Waals surface area contributed by atoms with Crippen LogP contribution in [-0.4, -0.2) is 24.5 Å². The fourth-order valence-electron chi connectivity index (χ4n) is 1.19. The van der Waals surface area contributed by atoms with Crippen molar-refractivity contribution >= 4 is 40.5 Å². The standard InChI is InChI=1S/C10H10Cl3NO2/c1-16-14-7(5-15)4-8-9(12)2-6(11)3-10(8)13/h2-3,15H,4-5H2,1H3. The molecule has 88 valence electrons. The molecule has 1 aromatic rings. The smallest absolute Gasteiger partial charge is 0.106 e. The molecule has 0 unspecified atom stereocenters. The number of oxime groups is 1. The molecule has 3 nitrogen and oxygen atoms in total. The lowest BCUT2D eigenvalue weighted by atomic mass is 10.1. The van der Waals surface area contributed by atoms with Gasteiger partial charge in [-0.3, -0.25) is 0 Å². The highest BCUT2D eigenvalue weighted by Crippen LogP contribution is 2.29. The molecule has 0 spiro atoms. The topological polar surface area (TPSA) is 41.8 Å². The SMILES string of the molecule is CON=C(CO)Cc1c(Cl)cc(Cl)cc1Cl. The summed E-state index contributed by atoms with van der Waals surface area (Å²) in [6, 6.07) is 3.18.